The molecule has 0 bridgehead atoms. The van der Waals surface area contributed by atoms with Gasteiger partial charge in [0.2, 0.25) is 6.10 Å². The maximum absolute atomic E-state index is 11.1. The first-order valence-electron chi connectivity index (χ1n) is 4.97. The van der Waals surface area contributed by atoms with E-state index in [9.17, 15) is 4.79 Å². The molecule has 0 aliphatic carbocycles. The topological polar surface area (TPSA) is 59.3 Å². The first kappa shape index (κ1) is 12.1. The van der Waals surface area contributed by atoms with E-state index in [0.29, 0.717) is 5.56 Å². The summed E-state index contributed by atoms with van der Waals surface area (Å²) < 4.78 is 9.45. The highest BCUT2D eigenvalue weighted by Gasteiger charge is 2.16. The van der Waals surface area contributed by atoms with Gasteiger partial charge in [0, 0.05) is 5.56 Å². The third-order valence-corrected chi connectivity index (χ3v) is 1.97. The number of nitrogens with zero attached hydrogens (tertiary/aromatic N) is 1. The molecule has 1 aromatic rings. The van der Waals surface area contributed by atoms with Gasteiger partial charge in [-0.25, -0.2) is 4.79 Å². The van der Waals surface area contributed by atoms with Gasteiger partial charge in [-0.1, -0.05) is 29.8 Å². The van der Waals surface area contributed by atoms with Gasteiger partial charge < -0.3 is 9.47 Å². The predicted octanol–water partition coefficient (Wildman–Crippen LogP) is 2.73. The van der Waals surface area contributed by atoms with Crippen LogP contribution in [0, 0.1) is 18.3 Å². The lowest BCUT2D eigenvalue weighted by molar-refractivity contribution is 0.0421. The summed E-state index contributed by atoms with van der Waals surface area (Å²) in [6, 6.07) is 9.12. The lowest BCUT2D eigenvalue weighted by atomic mass is 10.1. The molecule has 84 valence electrons. The second kappa shape index (κ2) is 5.76. The fraction of sp³-hybridized carbons (Fsp3) is 0.333. The van der Waals surface area contributed by atoms with Crippen LogP contribution in [0.3, 0.4) is 0 Å². The van der Waals surface area contributed by atoms with Crippen LogP contribution < -0.4 is 0 Å². The van der Waals surface area contributed by atoms with E-state index in [1.807, 2.05) is 25.1 Å². The van der Waals surface area contributed by atoms with E-state index < -0.39 is 12.3 Å². The van der Waals surface area contributed by atoms with Gasteiger partial charge >= 0.3 is 6.16 Å². The van der Waals surface area contributed by atoms with Crippen LogP contribution in [0.25, 0.3) is 0 Å². The van der Waals surface area contributed by atoms with E-state index in [0.717, 1.165) is 5.56 Å². The molecule has 4 nitrogen and oxygen atoms in total. The van der Waals surface area contributed by atoms with E-state index in [2.05, 4.69) is 4.74 Å². The van der Waals surface area contributed by atoms with Gasteiger partial charge in [-0.2, -0.15) is 5.26 Å². The fourth-order valence-electron chi connectivity index (χ4n) is 1.16. The molecule has 0 radical (unpaired) electrons. The van der Waals surface area contributed by atoms with Crippen molar-refractivity contribution >= 4 is 6.16 Å². The third kappa shape index (κ3) is 3.28. The Bertz CT molecular complexity index is 392. The first-order valence-corrected chi connectivity index (χ1v) is 4.97. The standard InChI is InChI=1S/C12H13NO3/c1-3-15-12(14)16-11(8-13)10-6-4-9(2)5-7-10/h4-7,11H,3H2,1-2H3/t11-/m0/s1. The SMILES string of the molecule is CCOC(=O)O[C@@H](C#N)c1ccc(C)cc1. The molecule has 1 atom stereocenters. The molecule has 0 saturated heterocycles. The number of hydrogen-bond acceptors (Lipinski definition) is 4. The summed E-state index contributed by atoms with van der Waals surface area (Å²) in [5.41, 5.74) is 1.72. The third-order valence-electron chi connectivity index (χ3n) is 1.97. The quantitative estimate of drug-likeness (QED) is 0.733. The van der Waals surface area contributed by atoms with E-state index in [4.69, 9.17) is 10.00 Å². The van der Waals surface area contributed by atoms with Crippen molar-refractivity contribution in [2.24, 2.45) is 0 Å². The molecule has 0 N–H and O–H groups in total. The largest absolute Gasteiger partial charge is 0.509 e. The zero-order valence-electron chi connectivity index (χ0n) is 9.27. The summed E-state index contributed by atoms with van der Waals surface area (Å²) in [5, 5.41) is 8.88. The van der Waals surface area contributed by atoms with Gasteiger partial charge in [-0.15, -0.1) is 0 Å². The second-order valence-corrected chi connectivity index (χ2v) is 3.22. The van der Waals surface area contributed by atoms with Crippen molar-refractivity contribution in [3.05, 3.63) is 35.4 Å². The minimum atomic E-state index is -0.917. The zero-order valence-corrected chi connectivity index (χ0v) is 9.27. The van der Waals surface area contributed by atoms with Crippen molar-refractivity contribution in [1.29, 1.82) is 5.26 Å². The average Bonchev–Trinajstić information content (AvgIpc) is 2.27. The molecular weight excluding hydrogens is 206 g/mol. The molecule has 0 unspecified atom stereocenters. The van der Waals surface area contributed by atoms with Crippen molar-refractivity contribution in [1.82, 2.24) is 0 Å². The molecule has 0 amide bonds. The van der Waals surface area contributed by atoms with Crippen LogP contribution in [0.4, 0.5) is 4.79 Å². The zero-order chi connectivity index (χ0) is 12.0. The molecule has 1 rings (SSSR count). The van der Waals surface area contributed by atoms with E-state index in [-0.39, 0.29) is 6.61 Å². The average molecular weight is 219 g/mol. The van der Waals surface area contributed by atoms with Gasteiger partial charge in [-0.3, -0.25) is 0 Å². The summed E-state index contributed by atoms with van der Waals surface area (Å²) in [6.45, 7) is 3.84. The van der Waals surface area contributed by atoms with Crippen LogP contribution in [0.5, 0.6) is 0 Å². The summed E-state index contributed by atoms with van der Waals surface area (Å²) in [6.07, 6.45) is -1.74. The number of hydrogen-bond donors (Lipinski definition) is 0. The number of rotatable bonds is 3. The number of carbonyl (C=O) groups excluding carboxylic acids is 1. The Kier molecular flexibility index (Phi) is 4.34. The molecule has 0 spiro atoms. The summed E-state index contributed by atoms with van der Waals surface area (Å²) >= 11 is 0. The van der Waals surface area contributed by atoms with Crippen LogP contribution in [0.15, 0.2) is 24.3 Å². The van der Waals surface area contributed by atoms with Gasteiger partial charge in [0.1, 0.15) is 6.07 Å². The van der Waals surface area contributed by atoms with Crippen molar-refractivity contribution in [3.63, 3.8) is 0 Å². The summed E-state index contributed by atoms with van der Waals surface area (Å²) in [4.78, 5) is 11.1. The molecule has 4 heteroatoms. The van der Waals surface area contributed by atoms with Crippen molar-refractivity contribution < 1.29 is 14.3 Å². The lowest BCUT2D eigenvalue weighted by Gasteiger charge is -2.10. The molecular formula is C12H13NO3. The van der Waals surface area contributed by atoms with Crippen LogP contribution in [0.1, 0.15) is 24.2 Å². The molecule has 0 saturated carbocycles. The highest BCUT2D eigenvalue weighted by atomic mass is 16.7. The van der Waals surface area contributed by atoms with Crippen LogP contribution >= 0.6 is 0 Å². The van der Waals surface area contributed by atoms with E-state index >= 15 is 0 Å². The van der Waals surface area contributed by atoms with Gasteiger partial charge in [-0.05, 0) is 13.8 Å². The summed E-state index contributed by atoms with van der Waals surface area (Å²) in [7, 11) is 0. The molecule has 0 aliphatic heterocycles. The maximum atomic E-state index is 11.1. The van der Waals surface area contributed by atoms with Gasteiger partial charge in [0.25, 0.3) is 0 Å². The predicted molar refractivity (Wildman–Crippen MR) is 57.6 cm³/mol. The fourth-order valence-corrected chi connectivity index (χ4v) is 1.16. The Morgan fingerprint density at radius 1 is 1.44 bits per heavy atom. The van der Waals surface area contributed by atoms with Crippen molar-refractivity contribution in [2.75, 3.05) is 6.61 Å². The number of nitriles is 1. The van der Waals surface area contributed by atoms with Crippen molar-refractivity contribution in [3.8, 4) is 6.07 Å². The summed E-state index contributed by atoms with van der Waals surface area (Å²) in [5.74, 6) is 0. The minimum Gasteiger partial charge on any atom is -0.435 e. The molecule has 0 aromatic heterocycles. The highest BCUT2D eigenvalue weighted by molar-refractivity contribution is 5.60. The Morgan fingerprint density at radius 3 is 2.56 bits per heavy atom. The van der Waals surface area contributed by atoms with Crippen molar-refractivity contribution in [2.45, 2.75) is 20.0 Å². The highest BCUT2D eigenvalue weighted by Crippen LogP contribution is 2.17. The van der Waals surface area contributed by atoms with E-state index in [1.54, 1.807) is 19.1 Å². The van der Waals surface area contributed by atoms with Crippen LogP contribution in [-0.2, 0) is 9.47 Å². The molecule has 0 heterocycles. The number of carbonyl (C=O) groups is 1. The lowest BCUT2D eigenvalue weighted by Crippen LogP contribution is -2.11. The molecule has 0 aliphatic rings. The maximum Gasteiger partial charge on any atom is 0.509 e. The van der Waals surface area contributed by atoms with Crippen LogP contribution in [0.2, 0.25) is 0 Å². The molecule has 1 aromatic carbocycles. The van der Waals surface area contributed by atoms with Crippen LogP contribution in [-0.4, -0.2) is 12.8 Å². The Balaban J connectivity index is 2.72. The van der Waals surface area contributed by atoms with E-state index in [1.165, 1.54) is 0 Å². The number of ether oxygens (including phenoxy) is 2. The first-order chi connectivity index (χ1) is 7.67. The Labute approximate surface area is 94.4 Å². The second-order valence-electron chi connectivity index (χ2n) is 3.22. The number of benzene rings is 1. The molecule has 0 fully saturated rings. The minimum absolute atomic E-state index is 0.227. The smallest absolute Gasteiger partial charge is 0.435 e. The number of aryl methyl sites for hydroxylation is 1. The Hall–Kier alpha value is -2.02. The Morgan fingerprint density at radius 2 is 2.06 bits per heavy atom. The molecule has 16 heavy (non-hydrogen) atoms. The van der Waals surface area contributed by atoms with Gasteiger partial charge in [0.05, 0.1) is 6.61 Å². The monoisotopic (exact) mass is 219 g/mol. The normalized spacial score (nSPS) is 11.3. The van der Waals surface area contributed by atoms with Gasteiger partial charge in [0.15, 0.2) is 0 Å².